The highest BCUT2D eigenvalue weighted by Gasteiger charge is 2.51. The second-order valence-electron chi connectivity index (χ2n) is 7.72. The van der Waals surface area contributed by atoms with Gasteiger partial charge in [-0.15, -0.1) is 0 Å². The fraction of sp³-hybridized carbons (Fsp3) is 0.381. The van der Waals surface area contributed by atoms with E-state index < -0.39 is 41.1 Å². The van der Waals surface area contributed by atoms with E-state index in [9.17, 15) is 18.4 Å². The number of halogens is 2. The summed E-state index contributed by atoms with van der Waals surface area (Å²) in [4.78, 5) is 28.2. The Morgan fingerprint density at radius 2 is 1.97 bits per heavy atom. The van der Waals surface area contributed by atoms with Gasteiger partial charge in [0.25, 0.3) is 11.8 Å². The van der Waals surface area contributed by atoms with Crippen molar-refractivity contribution in [1.29, 1.82) is 0 Å². The fourth-order valence-corrected chi connectivity index (χ4v) is 3.72. The lowest BCUT2D eigenvalue weighted by molar-refractivity contribution is -0.131. The van der Waals surface area contributed by atoms with E-state index in [4.69, 9.17) is 15.2 Å². The van der Waals surface area contributed by atoms with Crippen LogP contribution < -0.4 is 15.8 Å². The molecule has 160 valence electrons. The van der Waals surface area contributed by atoms with Crippen LogP contribution in [0.5, 0.6) is 5.75 Å². The zero-order chi connectivity index (χ0) is 22.2. The van der Waals surface area contributed by atoms with E-state index >= 15 is 0 Å². The smallest absolute Gasteiger partial charge is 0.267 e. The quantitative estimate of drug-likeness (QED) is 0.776. The molecule has 7 nitrogen and oxygen atoms in total. The molecule has 3 rings (SSSR count). The van der Waals surface area contributed by atoms with E-state index in [-0.39, 0.29) is 17.4 Å². The average molecular weight is 419 g/mol. The van der Waals surface area contributed by atoms with Gasteiger partial charge >= 0.3 is 0 Å². The van der Waals surface area contributed by atoms with Gasteiger partial charge in [-0.25, -0.2) is 4.39 Å². The number of benzene rings is 1. The van der Waals surface area contributed by atoms with Gasteiger partial charge in [-0.05, 0) is 38.0 Å². The van der Waals surface area contributed by atoms with Crippen LogP contribution in [0.1, 0.15) is 42.7 Å². The van der Waals surface area contributed by atoms with Crippen molar-refractivity contribution in [3.8, 4) is 5.75 Å². The van der Waals surface area contributed by atoms with Gasteiger partial charge in [-0.1, -0.05) is 13.0 Å². The van der Waals surface area contributed by atoms with E-state index in [1.807, 2.05) is 20.8 Å². The molecule has 3 atom stereocenters. The number of nitrogens with zero attached hydrogens (tertiary/aromatic N) is 1. The van der Waals surface area contributed by atoms with Gasteiger partial charge in [0.15, 0.2) is 11.6 Å². The molecule has 3 unspecified atom stereocenters. The highest BCUT2D eigenvalue weighted by molar-refractivity contribution is 5.97. The molecule has 0 aliphatic carbocycles. The first-order valence-electron chi connectivity index (χ1n) is 9.33. The minimum atomic E-state index is -1.12. The molecule has 1 saturated heterocycles. The van der Waals surface area contributed by atoms with Gasteiger partial charge in [0.1, 0.15) is 11.8 Å². The molecule has 0 spiro atoms. The molecular weight excluding hydrogens is 396 g/mol. The summed E-state index contributed by atoms with van der Waals surface area (Å²) in [6, 6.07) is 5.25. The standard InChI is InChI=1S/C21H23F2N3O4/c1-10-15(12-5-6-13(22)16(23)17(12)29-4)18(30-21(10,2)3)20(28)26-11-7-8-25-14(9-11)19(24)27/h5-10,15,18H,1-4H3,(H2,24,27)(H,25,26,28). The van der Waals surface area contributed by atoms with Crippen LogP contribution in [0.15, 0.2) is 30.5 Å². The summed E-state index contributed by atoms with van der Waals surface area (Å²) in [5.41, 5.74) is 5.14. The Labute approximate surface area is 172 Å². The SMILES string of the molecule is COc1c(C2C(C(=O)Nc3ccnc(C(N)=O)c3)OC(C)(C)C2C)ccc(F)c1F. The predicted octanol–water partition coefficient (Wildman–Crippen LogP) is 3.00. The van der Waals surface area contributed by atoms with Crippen molar-refractivity contribution in [3.05, 3.63) is 53.4 Å². The Balaban J connectivity index is 1.98. The number of nitrogens with two attached hydrogens (primary N) is 1. The van der Waals surface area contributed by atoms with Crippen molar-refractivity contribution in [2.24, 2.45) is 11.7 Å². The number of methoxy groups -OCH3 is 1. The molecule has 2 amide bonds. The Kier molecular flexibility index (Phi) is 5.76. The largest absolute Gasteiger partial charge is 0.493 e. The summed E-state index contributed by atoms with van der Waals surface area (Å²) in [7, 11) is 1.24. The van der Waals surface area contributed by atoms with E-state index in [0.29, 0.717) is 11.3 Å². The maximum Gasteiger partial charge on any atom is 0.267 e. The van der Waals surface area contributed by atoms with Gasteiger partial charge in [0.2, 0.25) is 5.82 Å². The monoisotopic (exact) mass is 419 g/mol. The lowest BCUT2D eigenvalue weighted by atomic mass is 9.78. The van der Waals surface area contributed by atoms with Gasteiger partial charge in [0, 0.05) is 23.4 Å². The van der Waals surface area contributed by atoms with Crippen molar-refractivity contribution >= 4 is 17.5 Å². The molecular formula is C21H23F2N3O4. The van der Waals surface area contributed by atoms with E-state index in [0.717, 1.165) is 6.07 Å². The first-order chi connectivity index (χ1) is 14.1. The topological polar surface area (TPSA) is 104 Å². The molecule has 1 fully saturated rings. The van der Waals surface area contributed by atoms with Crippen LogP contribution in [0.2, 0.25) is 0 Å². The van der Waals surface area contributed by atoms with Gasteiger partial charge in [0.05, 0.1) is 12.7 Å². The normalized spacial score (nSPS) is 22.5. The van der Waals surface area contributed by atoms with E-state index in [2.05, 4.69) is 10.3 Å². The molecule has 30 heavy (non-hydrogen) atoms. The number of nitrogens with one attached hydrogen (secondary N) is 1. The molecule has 0 bridgehead atoms. The Morgan fingerprint density at radius 1 is 1.27 bits per heavy atom. The van der Waals surface area contributed by atoms with E-state index in [1.165, 1.54) is 31.5 Å². The summed E-state index contributed by atoms with van der Waals surface area (Å²) >= 11 is 0. The molecule has 1 aliphatic rings. The first kappa shape index (κ1) is 21.6. The summed E-state index contributed by atoms with van der Waals surface area (Å²) in [6.07, 6.45) is 0.326. The summed E-state index contributed by atoms with van der Waals surface area (Å²) < 4.78 is 39.2. The number of aromatic nitrogens is 1. The third-order valence-corrected chi connectivity index (χ3v) is 5.57. The van der Waals surface area contributed by atoms with Crippen LogP contribution in [0.3, 0.4) is 0 Å². The number of anilines is 1. The number of pyridine rings is 1. The van der Waals surface area contributed by atoms with Crippen molar-refractivity contribution in [3.63, 3.8) is 0 Å². The number of rotatable bonds is 5. The number of amides is 2. The molecule has 1 aromatic carbocycles. The summed E-state index contributed by atoms with van der Waals surface area (Å²) in [6.45, 7) is 5.51. The number of hydrogen-bond donors (Lipinski definition) is 2. The Hall–Kier alpha value is -3.07. The molecule has 1 aromatic heterocycles. The minimum absolute atomic E-state index is 0.00679. The maximum atomic E-state index is 14.3. The number of hydrogen-bond acceptors (Lipinski definition) is 5. The zero-order valence-corrected chi connectivity index (χ0v) is 17.0. The number of ether oxygens (including phenoxy) is 2. The van der Waals surface area contributed by atoms with Crippen LogP contribution in [-0.4, -0.2) is 35.6 Å². The molecule has 1 aliphatic heterocycles. The van der Waals surface area contributed by atoms with Crippen LogP contribution in [0, 0.1) is 17.6 Å². The Bertz CT molecular complexity index is 996. The lowest BCUT2D eigenvalue weighted by Crippen LogP contribution is -2.33. The van der Waals surface area contributed by atoms with Crippen LogP contribution in [-0.2, 0) is 9.53 Å². The zero-order valence-electron chi connectivity index (χ0n) is 17.0. The fourth-order valence-electron chi connectivity index (χ4n) is 3.72. The first-order valence-corrected chi connectivity index (χ1v) is 9.33. The number of primary amides is 1. The number of carbonyl (C=O) groups excluding carboxylic acids is 2. The van der Waals surface area contributed by atoms with Crippen LogP contribution in [0.4, 0.5) is 14.5 Å². The lowest BCUT2D eigenvalue weighted by Gasteiger charge is -2.25. The van der Waals surface area contributed by atoms with E-state index in [1.54, 1.807) is 0 Å². The third-order valence-electron chi connectivity index (χ3n) is 5.57. The van der Waals surface area contributed by atoms with Crippen molar-refractivity contribution in [2.45, 2.75) is 38.4 Å². The molecule has 3 N–H and O–H groups in total. The summed E-state index contributed by atoms with van der Waals surface area (Å²) in [5.74, 6) is -4.50. The molecule has 0 saturated carbocycles. The van der Waals surface area contributed by atoms with Crippen molar-refractivity contribution < 1.29 is 27.8 Å². The molecule has 2 aromatic rings. The summed E-state index contributed by atoms with van der Waals surface area (Å²) in [5, 5.41) is 2.68. The highest BCUT2D eigenvalue weighted by atomic mass is 19.2. The van der Waals surface area contributed by atoms with Crippen molar-refractivity contribution in [1.82, 2.24) is 4.98 Å². The number of carbonyl (C=O) groups is 2. The average Bonchev–Trinajstić information content (AvgIpc) is 2.93. The minimum Gasteiger partial charge on any atom is -0.493 e. The maximum absolute atomic E-state index is 14.3. The van der Waals surface area contributed by atoms with Gasteiger partial charge in [-0.2, -0.15) is 4.39 Å². The predicted molar refractivity (Wildman–Crippen MR) is 105 cm³/mol. The van der Waals surface area contributed by atoms with Gasteiger partial charge in [-0.3, -0.25) is 14.6 Å². The second kappa shape index (κ2) is 7.98. The van der Waals surface area contributed by atoms with Crippen LogP contribution in [0.25, 0.3) is 0 Å². The van der Waals surface area contributed by atoms with Crippen molar-refractivity contribution in [2.75, 3.05) is 12.4 Å². The molecule has 2 heterocycles. The molecule has 9 heteroatoms. The van der Waals surface area contributed by atoms with Crippen LogP contribution >= 0.6 is 0 Å². The van der Waals surface area contributed by atoms with Gasteiger partial charge < -0.3 is 20.5 Å². The third kappa shape index (κ3) is 3.85. The highest BCUT2D eigenvalue weighted by Crippen LogP contribution is 2.49. The second-order valence-corrected chi connectivity index (χ2v) is 7.72. The Morgan fingerprint density at radius 3 is 2.60 bits per heavy atom. The molecule has 0 radical (unpaired) electrons.